The quantitative estimate of drug-likeness (QED) is 0.874. The largest absolute Gasteiger partial charge is 0.352 e. The Morgan fingerprint density at radius 3 is 2.21 bits per heavy atom. The molecule has 104 valence electrons. The van der Waals surface area contributed by atoms with Crippen LogP contribution in [0.5, 0.6) is 0 Å². The molecule has 3 N–H and O–H groups in total. The molecule has 0 bridgehead atoms. The molecule has 1 aliphatic rings. The van der Waals surface area contributed by atoms with Crippen LogP contribution in [-0.2, 0) is 4.79 Å². The maximum absolute atomic E-state index is 12.1. The summed E-state index contributed by atoms with van der Waals surface area (Å²) in [6.45, 7) is 8.76. The van der Waals surface area contributed by atoms with E-state index in [9.17, 15) is 4.79 Å². The molecular weight excluding hydrogens is 236 g/mol. The van der Waals surface area contributed by atoms with E-state index in [1.807, 2.05) is 30.3 Å². The first-order valence-corrected chi connectivity index (χ1v) is 6.86. The molecule has 0 aliphatic heterocycles. The van der Waals surface area contributed by atoms with E-state index in [0.29, 0.717) is 6.42 Å². The molecule has 1 fully saturated rings. The van der Waals surface area contributed by atoms with Gasteiger partial charge in [-0.15, -0.1) is 0 Å². The molecule has 0 heterocycles. The Bertz CT molecular complexity index is 451. The number of hydrogen-bond acceptors (Lipinski definition) is 2. The van der Waals surface area contributed by atoms with Crippen LogP contribution in [0.4, 0.5) is 0 Å². The second-order valence-electron chi connectivity index (χ2n) is 6.67. The highest BCUT2D eigenvalue weighted by molar-refractivity contribution is 5.78. The Balaban J connectivity index is 1.90. The Hall–Kier alpha value is -1.35. The third-order valence-electron chi connectivity index (χ3n) is 4.96. The molecule has 1 saturated carbocycles. The van der Waals surface area contributed by atoms with Gasteiger partial charge in [-0.1, -0.05) is 58.0 Å². The first-order valence-electron chi connectivity index (χ1n) is 6.86. The van der Waals surface area contributed by atoms with Gasteiger partial charge in [-0.2, -0.15) is 0 Å². The molecule has 1 unspecified atom stereocenters. The van der Waals surface area contributed by atoms with Gasteiger partial charge in [-0.05, 0) is 16.4 Å². The van der Waals surface area contributed by atoms with Gasteiger partial charge in [0.15, 0.2) is 0 Å². The maximum Gasteiger partial charge on any atom is 0.222 e. The minimum atomic E-state index is -0.230. The molecule has 2 rings (SSSR count). The van der Waals surface area contributed by atoms with Crippen LogP contribution in [0.3, 0.4) is 0 Å². The standard InChI is InChI=1S/C16H24N2O/c1-15(2)14(16(15,3)4)18-13(19)10-12(17)11-8-6-5-7-9-11/h5-9,12,14H,10,17H2,1-4H3,(H,18,19). The number of benzene rings is 1. The minimum absolute atomic E-state index is 0.0417. The fraction of sp³-hybridized carbons (Fsp3) is 0.562. The highest BCUT2D eigenvalue weighted by atomic mass is 16.1. The van der Waals surface area contributed by atoms with Gasteiger partial charge in [0.2, 0.25) is 5.91 Å². The first-order chi connectivity index (χ1) is 8.76. The van der Waals surface area contributed by atoms with Crippen molar-refractivity contribution in [3.63, 3.8) is 0 Å². The van der Waals surface area contributed by atoms with Gasteiger partial charge in [-0.3, -0.25) is 4.79 Å². The van der Waals surface area contributed by atoms with E-state index in [-0.39, 0.29) is 28.8 Å². The zero-order chi connectivity index (χ0) is 14.3. The predicted octanol–water partition coefficient (Wildman–Crippen LogP) is 2.63. The predicted molar refractivity (Wildman–Crippen MR) is 77.5 cm³/mol. The Morgan fingerprint density at radius 1 is 1.21 bits per heavy atom. The number of nitrogens with two attached hydrogens (primary N) is 1. The van der Waals surface area contributed by atoms with Crippen LogP contribution < -0.4 is 11.1 Å². The van der Waals surface area contributed by atoms with Crippen LogP contribution >= 0.6 is 0 Å². The van der Waals surface area contributed by atoms with E-state index in [1.54, 1.807) is 0 Å². The lowest BCUT2D eigenvalue weighted by Gasteiger charge is -2.13. The fourth-order valence-electron chi connectivity index (χ4n) is 2.79. The lowest BCUT2D eigenvalue weighted by molar-refractivity contribution is -0.121. The van der Waals surface area contributed by atoms with Gasteiger partial charge in [0.1, 0.15) is 0 Å². The summed E-state index contributed by atoms with van der Waals surface area (Å²) in [6.07, 6.45) is 0.340. The van der Waals surface area contributed by atoms with Crippen molar-refractivity contribution in [3.05, 3.63) is 35.9 Å². The van der Waals surface area contributed by atoms with Gasteiger partial charge in [0.25, 0.3) is 0 Å². The highest BCUT2D eigenvalue weighted by Gasteiger charge is 2.65. The van der Waals surface area contributed by atoms with Crippen LogP contribution in [0.1, 0.15) is 45.7 Å². The molecule has 0 spiro atoms. The summed E-state index contributed by atoms with van der Waals surface area (Å²) in [6, 6.07) is 9.78. The van der Waals surface area contributed by atoms with Gasteiger partial charge >= 0.3 is 0 Å². The molecular formula is C16H24N2O. The Morgan fingerprint density at radius 2 is 1.74 bits per heavy atom. The average Bonchev–Trinajstić information content (AvgIpc) is 2.73. The fourth-order valence-corrected chi connectivity index (χ4v) is 2.79. The molecule has 1 amide bonds. The Kier molecular flexibility index (Phi) is 3.43. The monoisotopic (exact) mass is 260 g/mol. The molecule has 0 radical (unpaired) electrons. The van der Waals surface area contributed by atoms with Crippen LogP contribution in [0.25, 0.3) is 0 Å². The zero-order valence-corrected chi connectivity index (χ0v) is 12.2. The first kappa shape index (κ1) is 14.1. The average molecular weight is 260 g/mol. The summed E-state index contributed by atoms with van der Waals surface area (Å²) >= 11 is 0. The van der Waals surface area contributed by atoms with E-state index in [4.69, 9.17) is 5.73 Å². The van der Waals surface area contributed by atoms with Gasteiger partial charge < -0.3 is 11.1 Å². The van der Waals surface area contributed by atoms with E-state index in [1.165, 1.54) is 0 Å². The van der Waals surface area contributed by atoms with Crippen molar-refractivity contribution in [2.45, 2.75) is 46.2 Å². The summed E-state index contributed by atoms with van der Waals surface area (Å²) in [4.78, 5) is 12.1. The van der Waals surface area contributed by atoms with Crippen molar-refractivity contribution in [2.75, 3.05) is 0 Å². The maximum atomic E-state index is 12.1. The highest BCUT2D eigenvalue weighted by Crippen LogP contribution is 2.62. The summed E-state index contributed by atoms with van der Waals surface area (Å²) in [5, 5.41) is 3.12. The molecule has 0 aromatic heterocycles. The number of hydrogen-bond donors (Lipinski definition) is 2. The van der Waals surface area contributed by atoms with Crippen LogP contribution in [-0.4, -0.2) is 11.9 Å². The summed E-state index contributed by atoms with van der Waals surface area (Å²) < 4.78 is 0. The summed E-state index contributed by atoms with van der Waals surface area (Å²) in [5.41, 5.74) is 7.41. The normalized spacial score (nSPS) is 21.7. The van der Waals surface area contributed by atoms with Crippen molar-refractivity contribution in [1.82, 2.24) is 5.32 Å². The Labute approximate surface area is 115 Å². The van der Waals surface area contributed by atoms with E-state index in [0.717, 1.165) is 5.56 Å². The molecule has 19 heavy (non-hydrogen) atoms. The van der Waals surface area contributed by atoms with Crippen molar-refractivity contribution >= 4 is 5.91 Å². The summed E-state index contributed by atoms with van der Waals surface area (Å²) in [5.74, 6) is 0.0417. The number of nitrogens with one attached hydrogen (secondary N) is 1. The SMILES string of the molecule is CC1(C)C(NC(=O)CC(N)c2ccccc2)C1(C)C. The number of carbonyl (C=O) groups is 1. The molecule has 1 atom stereocenters. The lowest BCUT2D eigenvalue weighted by atomic mass is 10.0. The molecule has 1 aliphatic carbocycles. The molecule has 0 saturated heterocycles. The molecule has 3 nitrogen and oxygen atoms in total. The molecule has 1 aromatic rings. The van der Waals surface area contributed by atoms with Crippen molar-refractivity contribution in [1.29, 1.82) is 0 Å². The zero-order valence-electron chi connectivity index (χ0n) is 12.2. The second kappa shape index (κ2) is 4.64. The van der Waals surface area contributed by atoms with Crippen molar-refractivity contribution < 1.29 is 4.79 Å². The van der Waals surface area contributed by atoms with E-state index in [2.05, 4.69) is 33.0 Å². The third-order valence-corrected chi connectivity index (χ3v) is 4.96. The van der Waals surface area contributed by atoms with Crippen LogP contribution in [0.15, 0.2) is 30.3 Å². The van der Waals surface area contributed by atoms with Crippen molar-refractivity contribution in [2.24, 2.45) is 16.6 Å². The second-order valence-corrected chi connectivity index (χ2v) is 6.67. The van der Waals surface area contributed by atoms with E-state index < -0.39 is 0 Å². The van der Waals surface area contributed by atoms with E-state index >= 15 is 0 Å². The smallest absolute Gasteiger partial charge is 0.222 e. The molecule has 3 heteroatoms. The van der Waals surface area contributed by atoms with Crippen LogP contribution in [0, 0.1) is 10.8 Å². The topological polar surface area (TPSA) is 55.1 Å². The minimum Gasteiger partial charge on any atom is -0.352 e. The number of amides is 1. The summed E-state index contributed by atoms with van der Waals surface area (Å²) in [7, 11) is 0. The van der Waals surface area contributed by atoms with Crippen molar-refractivity contribution in [3.8, 4) is 0 Å². The lowest BCUT2D eigenvalue weighted by Crippen LogP contribution is -2.32. The van der Waals surface area contributed by atoms with Gasteiger partial charge in [0.05, 0.1) is 0 Å². The van der Waals surface area contributed by atoms with Crippen LogP contribution in [0.2, 0.25) is 0 Å². The number of carbonyl (C=O) groups excluding carboxylic acids is 1. The number of rotatable bonds is 4. The van der Waals surface area contributed by atoms with Gasteiger partial charge in [0, 0.05) is 18.5 Å². The molecule has 1 aromatic carbocycles. The third kappa shape index (κ3) is 2.52. The van der Waals surface area contributed by atoms with Gasteiger partial charge in [-0.25, -0.2) is 0 Å².